The van der Waals surface area contributed by atoms with Crippen LogP contribution in [0.2, 0.25) is 0 Å². The number of benzene rings is 1. The van der Waals surface area contributed by atoms with Crippen LogP contribution in [0, 0.1) is 5.92 Å². The minimum atomic E-state index is -1.18. The van der Waals surface area contributed by atoms with Crippen LogP contribution in [0.5, 0.6) is 0 Å². The largest absolute Gasteiger partial charge is 0.368 e. The number of rotatable bonds is 15. The molecular formula is C22H38O2. The molecule has 24 heavy (non-hydrogen) atoms. The lowest BCUT2D eigenvalue weighted by atomic mass is 9.90. The molecule has 2 heteroatoms. The van der Waals surface area contributed by atoms with Crippen LogP contribution < -0.4 is 0 Å². The Hall–Kier alpha value is -0.860. The van der Waals surface area contributed by atoms with Crippen molar-refractivity contribution in [3.8, 4) is 0 Å². The smallest absolute Gasteiger partial charge is 0.151 e. The van der Waals surface area contributed by atoms with Gasteiger partial charge in [0.2, 0.25) is 0 Å². The van der Waals surface area contributed by atoms with Crippen LogP contribution >= 0.6 is 0 Å². The van der Waals surface area contributed by atoms with Crippen LogP contribution in [0.25, 0.3) is 0 Å². The number of unbranched alkanes of at least 4 members (excludes halogenated alkanes) is 9. The number of aliphatic hydroxyl groups excluding tert-OH is 1. The van der Waals surface area contributed by atoms with Gasteiger partial charge in [0.1, 0.15) is 0 Å². The fourth-order valence-corrected chi connectivity index (χ4v) is 3.47. The summed E-state index contributed by atoms with van der Waals surface area (Å²) in [7, 11) is 0. The third kappa shape index (κ3) is 11.6. The first-order chi connectivity index (χ1) is 11.7. The van der Waals surface area contributed by atoms with Crippen molar-refractivity contribution in [2.24, 2.45) is 5.92 Å². The minimum absolute atomic E-state index is 0.376. The molecule has 1 atom stereocenters. The highest BCUT2D eigenvalue weighted by Crippen LogP contribution is 2.21. The summed E-state index contributed by atoms with van der Waals surface area (Å²) in [6.07, 6.45) is 14.8. The summed E-state index contributed by atoms with van der Waals surface area (Å²) in [5.41, 5.74) is 1.30. The van der Waals surface area contributed by atoms with E-state index in [0.29, 0.717) is 12.3 Å². The molecular weight excluding hydrogens is 296 g/mol. The zero-order chi connectivity index (χ0) is 17.5. The van der Waals surface area contributed by atoms with Gasteiger partial charge in [-0.2, -0.15) is 0 Å². The van der Waals surface area contributed by atoms with E-state index in [1.165, 1.54) is 69.8 Å². The van der Waals surface area contributed by atoms with Crippen molar-refractivity contribution in [1.29, 1.82) is 0 Å². The first kappa shape index (κ1) is 21.2. The molecule has 0 radical (unpaired) electrons. The Morgan fingerprint density at radius 1 is 0.750 bits per heavy atom. The quantitative estimate of drug-likeness (QED) is 0.312. The minimum Gasteiger partial charge on any atom is -0.368 e. The van der Waals surface area contributed by atoms with Crippen molar-refractivity contribution in [3.05, 3.63) is 35.9 Å². The standard InChI is InChI=1S/C22H38O2/c1-2-3-4-5-6-7-8-9-10-12-17-21(19-22(23)24)18-20-15-13-11-14-16-20/h11,13-16,21-24H,2-10,12,17-19H2,1H3. The molecule has 2 N–H and O–H groups in total. The molecule has 0 bridgehead atoms. The van der Waals surface area contributed by atoms with Gasteiger partial charge in [0.15, 0.2) is 6.29 Å². The molecule has 2 nitrogen and oxygen atoms in total. The predicted octanol–water partition coefficient (Wildman–Crippen LogP) is 5.86. The summed E-state index contributed by atoms with van der Waals surface area (Å²) < 4.78 is 0. The van der Waals surface area contributed by atoms with E-state index in [9.17, 15) is 10.2 Å². The van der Waals surface area contributed by atoms with E-state index in [4.69, 9.17) is 0 Å². The van der Waals surface area contributed by atoms with Crippen molar-refractivity contribution in [2.75, 3.05) is 0 Å². The van der Waals surface area contributed by atoms with Crippen molar-refractivity contribution in [1.82, 2.24) is 0 Å². The fourth-order valence-electron chi connectivity index (χ4n) is 3.47. The van der Waals surface area contributed by atoms with Gasteiger partial charge >= 0.3 is 0 Å². The molecule has 0 amide bonds. The molecule has 0 heterocycles. The predicted molar refractivity (Wildman–Crippen MR) is 103 cm³/mol. The van der Waals surface area contributed by atoms with Gasteiger partial charge in [0, 0.05) is 6.42 Å². The fraction of sp³-hybridized carbons (Fsp3) is 0.727. The highest BCUT2D eigenvalue weighted by molar-refractivity contribution is 5.15. The van der Waals surface area contributed by atoms with Gasteiger partial charge in [-0.25, -0.2) is 0 Å². The average Bonchev–Trinajstić information content (AvgIpc) is 2.57. The molecule has 0 saturated heterocycles. The van der Waals surface area contributed by atoms with Crippen LogP contribution in [0.4, 0.5) is 0 Å². The Bertz CT molecular complexity index is 375. The zero-order valence-electron chi connectivity index (χ0n) is 15.6. The lowest BCUT2D eigenvalue weighted by Crippen LogP contribution is -2.15. The van der Waals surface area contributed by atoms with E-state index >= 15 is 0 Å². The Morgan fingerprint density at radius 2 is 1.29 bits per heavy atom. The SMILES string of the molecule is CCCCCCCCCCCCC(Cc1ccccc1)CC(O)O. The van der Waals surface area contributed by atoms with E-state index in [0.717, 1.165) is 12.8 Å². The zero-order valence-corrected chi connectivity index (χ0v) is 15.6. The van der Waals surface area contributed by atoms with Gasteiger partial charge in [-0.3, -0.25) is 0 Å². The number of hydrogen-bond acceptors (Lipinski definition) is 2. The molecule has 0 spiro atoms. The maximum absolute atomic E-state index is 9.32. The average molecular weight is 335 g/mol. The monoisotopic (exact) mass is 334 g/mol. The van der Waals surface area contributed by atoms with Gasteiger partial charge in [-0.15, -0.1) is 0 Å². The van der Waals surface area contributed by atoms with Gasteiger partial charge in [-0.05, 0) is 24.3 Å². The summed E-state index contributed by atoms with van der Waals surface area (Å²) >= 11 is 0. The summed E-state index contributed by atoms with van der Waals surface area (Å²) in [5.74, 6) is 0.376. The molecule has 1 aromatic carbocycles. The van der Waals surface area contributed by atoms with Crippen LogP contribution in [0.3, 0.4) is 0 Å². The lowest BCUT2D eigenvalue weighted by molar-refractivity contribution is -0.0567. The Kier molecular flexibility index (Phi) is 12.8. The topological polar surface area (TPSA) is 40.5 Å². The summed E-state index contributed by atoms with van der Waals surface area (Å²) in [6, 6.07) is 10.4. The van der Waals surface area contributed by atoms with Crippen molar-refractivity contribution in [3.63, 3.8) is 0 Å². The molecule has 1 aromatic rings. The maximum atomic E-state index is 9.32. The van der Waals surface area contributed by atoms with Crippen molar-refractivity contribution >= 4 is 0 Å². The van der Waals surface area contributed by atoms with Crippen LogP contribution in [-0.2, 0) is 6.42 Å². The second kappa shape index (κ2) is 14.5. The highest BCUT2D eigenvalue weighted by Gasteiger charge is 2.13. The van der Waals surface area contributed by atoms with E-state index in [1.807, 2.05) is 6.07 Å². The third-order valence-corrected chi connectivity index (χ3v) is 4.88. The van der Waals surface area contributed by atoms with Gasteiger partial charge < -0.3 is 10.2 Å². The molecule has 138 valence electrons. The Balaban J connectivity index is 2.10. The van der Waals surface area contributed by atoms with E-state index in [1.54, 1.807) is 0 Å². The highest BCUT2D eigenvalue weighted by atomic mass is 16.5. The van der Waals surface area contributed by atoms with Crippen LogP contribution in [0.15, 0.2) is 30.3 Å². The second-order valence-electron chi connectivity index (χ2n) is 7.24. The first-order valence-corrected chi connectivity index (χ1v) is 10.1. The Labute approximate surface area is 149 Å². The maximum Gasteiger partial charge on any atom is 0.151 e. The molecule has 1 rings (SSSR count). The summed E-state index contributed by atoms with van der Waals surface area (Å²) in [6.45, 7) is 2.26. The third-order valence-electron chi connectivity index (χ3n) is 4.88. The van der Waals surface area contributed by atoms with E-state index < -0.39 is 6.29 Å². The number of hydrogen-bond donors (Lipinski definition) is 2. The lowest BCUT2D eigenvalue weighted by Gasteiger charge is -2.18. The van der Waals surface area contributed by atoms with E-state index in [-0.39, 0.29) is 0 Å². The van der Waals surface area contributed by atoms with Crippen LogP contribution in [0.1, 0.15) is 89.5 Å². The number of aliphatic hydroxyl groups is 2. The molecule has 0 aliphatic carbocycles. The van der Waals surface area contributed by atoms with Gasteiger partial charge in [0.25, 0.3) is 0 Å². The van der Waals surface area contributed by atoms with E-state index in [2.05, 4.69) is 31.2 Å². The molecule has 0 aromatic heterocycles. The molecule has 0 aliphatic heterocycles. The second-order valence-corrected chi connectivity index (χ2v) is 7.24. The van der Waals surface area contributed by atoms with Crippen LogP contribution in [-0.4, -0.2) is 16.5 Å². The van der Waals surface area contributed by atoms with Crippen molar-refractivity contribution < 1.29 is 10.2 Å². The normalized spacial score (nSPS) is 12.7. The summed E-state index contributed by atoms with van der Waals surface area (Å²) in [5, 5.41) is 18.6. The molecule has 0 saturated carbocycles. The molecule has 0 fully saturated rings. The Morgan fingerprint density at radius 3 is 1.83 bits per heavy atom. The van der Waals surface area contributed by atoms with Crippen molar-refractivity contribution in [2.45, 2.75) is 96.7 Å². The molecule has 1 unspecified atom stereocenters. The van der Waals surface area contributed by atoms with Gasteiger partial charge in [-0.1, -0.05) is 101 Å². The molecule has 0 aliphatic rings. The first-order valence-electron chi connectivity index (χ1n) is 10.1. The summed E-state index contributed by atoms with van der Waals surface area (Å²) in [4.78, 5) is 0. The van der Waals surface area contributed by atoms with Gasteiger partial charge in [0.05, 0.1) is 0 Å².